The Balaban J connectivity index is 1.99. The van der Waals surface area contributed by atoms with Crippen molar-refractivity contribution in [3.63, 3.8) is 0 Å². The van der Waals surface area contributed by atoms with E-state index in [-0.39, 0.29) is 11.8 Å². The van der Waals surface area contributed by atoms with E-state index in [1.54, 1.807) is 13.2 Å². The summed E-state index contributed by atoms with van der Waals surface area (Å²) in [7, 11) is 1.59. The van der Waals surface area contributed by atoms with Crippen molar-refractivity contribution in [1.82, 2.24) is 5.32 Å². The van der Waals surface area contributed by atoms with Crippen LogP contribution in [0, 0.1) is 0 Å². The number of methoxy groups -OCH3 is 1. The quantitative estimate of drug-likeness (QED) is 0.867. The highest BCUT2D eigenvalue weighted by molar-refractivity contribution is 9.10. The van der Waals surface area contributed by atoms with E-state index in [1.165, 1.54) is 5.56 Å². The summed E-state index contributed by atoms with van der Waals surface area (Å²) in [5.74, 6) is 0.909. The highest BCUT2D eigenvalue weighted by Gasteiger charge is 2.07. The van der Waals surface area contributed by atoms with Crippen molar-refractivity contribution < 1.29 is 9.84 Å². The minimum atomic E-state index is 0.213. The van der Waals surface area contributed by atoms with Crippen LogP contribution >= 0.6 is 15.9 Å². The van der Waals surface area contributed by atoms with Crippen LogP contribution in [-0.2, 0) is 6.54 Å². The third-order valence-corrected chi connectivity index (χ3v) is 3.79. The van der Waals surface area contributed by atoms with Crippen LogP contribution in [0.1, 0.15) is 24.1 Å². The number of nitrogens with one attached hydrogen (secondary N) is 1. The van der Waals surface area contributed by atoms with Gasteiger partial charge in [0.25, 0.3) is 0 Å². The number of ether oxygens (including phenoxy) is 1. The number of aromatic hydroxyl groups is 1. The highest BCUT2D eigenvalue weighted by atomic mass is 79.9. The standard InChI is InChI=1S/C16H18BrNO2/c1-11(12-3-6-14(17)7-4-12)18-10-13-5-8-15(20-2)9-16(13)19/h3-9,11,18-19H,10H2,1-2H3/t11-/m0/s1. The molecule has 2 rings (SSSR count). The predicted molar refractivity (Wildman–Crippen MR) is 84.1 cm³/mol. The lowest BCUT2D eigenvalue weighted by Crippen LogP contribution is -2.18. The van der Waals surface area contributed by atoms with Crippen molar-refractivity contribution in [3.8, 4) is 11.5 Å². The lowest BCUT2D eigenvalue weighted by molar-refractivity contribution is 0.405. The Morgan fingerprint density at radius 2 is 1.90 bits per heavy atom. The second-order valence-corrected chi connectivity index (χ2v) is 5.56. The summed E-state index contributed by atoms with van der Waals surface area (Å²) in [5.41, 5.74) is 2.07. The molecule has 0 aliphatic carbocycles. The van der Waals surface area contributed by atoms with Gasteiger partial charge in [-0.2, -0.15) is 0 Å². The smallest absolute Gasteiger partial charge is 0.123 e. The summed E-state index contributed by atoms with van der Waals surface area (Å²) >= 11 is 3.43. The van der Waals surface area contributed by atoms with Crippen LogP contribution in [0.25, 0.3) is 0 Å². The maximum absolute atomic E-state index is 9.92. The van der Waals surface area contributed by atoms with E-state index in [2.05, 4.69) is 40.3 Å². The van der Waals surface area contributed by atoms with Gasteiger partial charge in [0.05, 0.1) is 7.11 Å². The molecule has 0 bridgehead atoms. The number of benzene rings is 2. The first-order valence-corrected chi connectivity index (χ1v) is 7.24. The predicted octanol–water partition coefficient (Wildman–Crippen LogP) is 4.01. The van der Waals surface area contributed by atoms with Crippen LogP contribution in [0.3, 0.4) is 0 Å². The first-order chi connectivity index (χ1) is 9.60. The molecule has 0 aliphatic heterocycles. The van der Waals surface area contributed by atoms with Crippen molar-refractivity contribution in [1.29, 1.82) is 0 Å². The van der Waals surface area contributed by atoms with Gasteiger partial charge in [0.2, 0.25) is 0 Å². The Kier molecular flexibility index (Phi) is 5.04. The molecule has 0 heterocycles. The monoisotopic (exact) mass is 335 g/mol. The summed E-state index contributed by atoms with van der Waals surface area (Å²) < 4.78 is 6.14. The van der Waals surface area contributed by atoms with Crippen molar-refractivity contribution in [3.05, 3.63) is 58.1 Å². The fourth-order valence-corrected chi connectivity index (χ4v) is 2.22. The van der Waals surface area contributed by atoms with Gasteiger partial charge in [-0.25, -0.2) is 0 Å². The average Bonchev–Trinajstić information content (AvgIpc) is 2.46. The van der Waals surface area contributed by atoms with Gasteiger partial charge in [-0.3, -0.25) is 0 Å². The first-order valence-electron chi connectivity index (χ1n) is 6.45. The van der Waals surface area contributed by atoms with Crippen LogP contribution in [0.5, 0.6) is 11.5 Å². The zero-order valence-electron chi connectivity index (χ0n) is 11.6. The number of phenolic OH excluding ortho intramolecular Hbond substituents is 1. The molecule has 0 radical (unpaired) electrons. The van der Waals surface area contributed by atoms with Gasteiger partial charge in [-0.1, -0.05) is 34.1 Å². The zero-order chi connectivity index (χ0) is 14.5. The molecule has 0 saturated heterocycles. The third-order valence-electron chi connectivity index (χ3n) is 3.26. The third kappa shape index (κ3) is 3.74. The number of hydrogen-bond donors (Lipinski definition) is 2. The van der Waals surface area contributed by atoms with Gasteiger partial charge in [0.1, 0.15) is 11.5 Å². The van der Waals surface area contributed by atoms with Gasteiger partial charge >= 0.3 is 0 Å². The van der Waals surface area contributed by atoms with Gasteiger partial charge in [0, 0.05) is 28.7 Å². The van der Waals surface area contributed by atoms with Gasteiger partial charge in [0.15, 0.2) is 0 Å². The minimum Gasteiger partial charge on any atom is -0.507 e. The molecule has 0 aromatic heterocycles. The van der Waals surface area contributed by atoms with Crippen LogP contribution in [0.15, 0.2) is 46.9 Å². The normalized spacial score (nSPS) is 12.2. The Hall–Kier alpha value is -1.52. The van der Waals surface area contributed by atoms with Crippen molar-refractivity contribution in [2.45, 2.75) is 19.5 Å². The zero-order valence-corrected chi connectivity index (χ0v) is 13.1. The number of hydrogen-bond acceptors (Lipinski definition) is 3. The van der Waals surface area contributed by atoms with Crippen LogP contribution in [-0.4, -0.2) is 12.2 Å². The summed E-state index contributed by atoms with van der Waals surface area (Å²) in [5, 5.41) is 13.3. The lowest BCUT2D eigenvalue weighted by Gasteiger charge is -2.15. The number of phenols is 1. The molecular formula is C16H18BrNO2. The molecule has 0 saturated carbocycles. The number of halogens is 1. The second-order valence-electron chi connectivity index (χ2n) is 4.65. The molecule has 3 nitrogen and oxygen atoms in total. The van der Waals surface area contributed by atoms with E-state index >= 15 is 0 Å². The summed E-state index contributed by atoms with van der Waals surface area (Å²) in [4.78, 5) is 0. The first kappa shape index (κ1) is 14.9. The van der Waals surface area contributed by atoms with Crippen molar-refractivity contribution >= 4 is 15.9 Å². The Bertz CT molecular complexity index is 569. The lowest BCUT2D eigenvalue weighted by atomic mass is 10.1. The molecule has 4 heteroatoms. The van der Waals surface area contributed by atoms with E-state index in [0.29, 0.717) is 12.3 Å². The maximum Gasteiger partial charge on any atom is 0.123 e. The molecule has 0 fully saturated rings. The van der Waals surface area contributed by atoms with Crippen LogP contribution < -0.4 is 10.1 Å². The van der Waals surface area contributed by atoms with E-state index < -0.39 is 0 Å². The van der Waals surface area contributed by atoms with E-state index in [4.69, 9.17) is 4.74 Å². The topological polar surface area (TPSA) is 41.5 Å². The van der Waals surface area contributed by atoms with Crippen molar-refractivity contribution in [2.24, 2.45) is 0 Å². The second kappa shape index (κ2) is 6.77. The van der Waals surface area contributed by atoms with Crippen molar-refractivity contribution in [2.75, 3.05) is 7.11 Å². The molecule has 1 atom stereocenters. The molecule has 2 aromatic carbocycles. The highest BCUT2D eigenvalue weighted by Crippen LogP contribution is 2.24. The van der Waals surface area contributed by atoms with E-state index in [0.717, 1.165) is 10.0 Å². The Morgan fingerprint density at radius 1 is 1.20 bits per heavy atom. The molecule has 2 N–H and O–H groups in total. The average molecular weight is 336 g/mol. The molecule has 0 aliphatic rings. The Labute approximate surface area is 127 Å². The SMILES string of the molecule is COc1ccc(CN[C@@H](C)c2ccc(Br)cc2)c(O)c1. The fraction of sp³-hybridized carbons (Fsp3) is 0.250. The summed E-state index contributed by atoms with van der Waals surface area (Å²) in [6, 6.07) is 13.8. The van der Waals surface area contributed by atoms with Crippen LogP contribution in [0.2, 0.25) is 0 Å². The molecule has 20 heavy (non-hydrogen) atoms. The minimum absolute atomic E-state index is 0.213. The molecule has 0 unspecified atom stereocenters. The Morgan fingerprint density at radius 3 is 2.50 bits per heavy atom. The summed E-state index contributed by atoms with van der Waals surface area (Å²) in [6.07, 6.45) is 0. The molecule has 106 valence electrons. The molecule has 0 spiro atoms. The summed E-state index contributed by atoms with van der Waals surface area (Å²) in [6.45, 7) is 2.71. The van der Waals surface area contributed by atoms with E-state index in [1.807, 2.05) is 24.3 Å². The van der Waals surface area contributed by atoms with Gasteiger partial charge in [-0.15, -0.1) is 0 Å². The molecular weight excluding hydrogens is 318 g/mol. The van der Waals surface area contributed by atoms with Gasteiger partial charge in [-0.05, 0) is 30.7 Å². The fourth-order valence-electron chi connectivity index (χ4n) is 1.95. The molecule has 0 amide bonds. The largest absolute Gasteiger partial charge is 0.507 e. The number of rotatable bonds is 5. The molecule has 2 aromatic rings. The van der Waals surface area contributed by atoms with Crippen LogP contribution in [0.4, 0.5) is 0 Å². The van der Waals surface area contributed by atoms with E-state index in [9.17, 15) is 5.11 Å². The van der Waals surface area contributed by atoms with Gasteiger partial charge < -0.3 is 15.2 Å². The maximum atomic E-state index is 9.92.